The Morgan fingerprint density at radius 1 is 1.03 bits per heavy atom. The van der Waals surface area contributed by atoms with Crippen LogP contribution in [0.4, 0.5) is 5.82 Å². The number of piperidine rings is 1. The number of hydrogen-bond donors (Lipinski definition) is 1. The van der Waals surface area contributed by atoms with Crippen LogP contribution in [0, 0.1) is 6.92 Å². The molecule has 1 aromatic carbocycles. The van der Waals surface area contributed by atoms with Crippen molar-refractivity contribution >= 4 is 16.9 Å². The first-order chi connectivity index (χ1) is 14.7. The van der Waals surface area contributed by atoms with E-state index in [0.29, 0.717) is 11.6 Å². The van der Waals surface area contributed by atoms with Crippen LogP contribution in [-0.2, 0) is 0 Å². The highest BCUT2D eigenvalue weighted by molar-refractivity contribution is 5.96. The molecule has 0 unspecified atom stereocenters. The molecular weight excluding hydrogens is 374 g/mol. The van der Waals surface area contributed by atoms with E-state index < -0.39 is 0 Å². The largest absolute Gasteiger partial charge is 0.367 e. The summed E-state index contributed by atoms with van der Waals surface area (Å²) in [7, 11) is 2.17. The van der Waals surface area contributed by atoms with E-state index in [0.717, 1.165) is 65.3 Å². The van der Waals surface area contributed by atoms with Crippen LogP contribution in [0.25, 0.3) is 33.5 Å². The Morgan fingerprint density at radius 2 is 1.83 bits per heavy atom. The predicted octanol–water partition coefficient (Wildman–Crippen LogP) is 4.77. The van der Waals surface area contributed by atoms with E-state index in [9.17, 15) is 0 Å². The lowest BCUT2D eigenvalue weighted by atomic mass is 10.0. The molecule has 0 aliphatic carbocycles. The highest BCUT2D eigenvalue weighted by Crippen LogP contribution is 2.36. The molecule has 0 spiro atoms. The first-order valence-corrected chi connectivity index (χ1v) is 10.4. The van der Waals surface area contributed by atoms with Crippen molar-refractivity contribution in [3.63, 3.8) is 0 Å². The number of pyridine rings is 2. The summed E-state index contributed by atoms with van der Waals surface area (Å²) < 4.78 is 5.71. The van der Waals surface area contributed by atoms with Crippen molar-refractivity contribution in [3.8, 4) is 22.4 Å². The molecule has 1 fully saturated rings. The van der Waals surface area contributed by atoms with Gasteiger partial charge in [-0.3, -0.25) is 0 Å². The summed E-state index contributed by atoms with van der Waals surface area (Å²) in [5, 5.41) is 7.87. The van der Waals surface area contributed by atoms with Crippen LogP contribution < -0.4 is 5.32 Å². The van der Waals surface area contributed by atoms with Gasteiger partial charge in [0.1, 0.15) is 17.0 Å². The molecule has 4 heterocycles. The molecule has 1 aliphatic rings. The summed E-state index contributed by atoms with van der Waals surface area (Å²) in [6.07, 6.45) is 4.05. The standard InChI is InChI=1S/C24H25N5O/c1-16-22-23(30-28-16)20(15-21(27-22)17-7-4-3-5-8-17)19-9-6-12-25-24(19)26-18-10-13-29(2)14-11-18/h3-9,12,15,18H,10-11,13-14H2,1-2H3,(H,25,26). The second kappa shape index (κ2) is 7.88. The summed E-state index contributed by atoms with van der Waals surface area (Å²) in [5.74, 6) is 0.882. The molecule has 3 aromatic heterocycles. The van der Waals surface area contributed by atoms with Crippen LogP contribution in [0.5, 0.6) is 0 Å². The normalized spacial score (nSPS) is 15.5. The minimum atomic E-state index is 0.414. The van der Waals surface area contributed by atoms with Crippen molar-refractivity contribution in [2.75, 3.05) is 25.5 Å². The molecule has 30 heavy (non-hydrogen) atoms. The van der Waals surface area contributed by atoms with Crippen molar-refractivity contribution < 1.29 is 4.52 Å². The van der Waals surface area contributed by atoms with Gasteiger partial charge in [-0.05, 0) is 58.1 Å². The van der Waals surface area contributed by atoms with Gasteiger partial charge in [-0.15, -0.1) is 0 Å². The molecule has 1 saturated heterocycles. The van der Waals surface area contributed by atoms with Crippen molar-refractivity contribution in [1.29, 1.82) is 0 Å². The second-order valence-corrected chi connectivity index (χ2v) is 7.99. The molecule has 1 aliphatic heterocycles. The van der Waals surface area contributed by atoms with Crippen LogP contribution in [0.2, 0.25) is 0 Å². The molecular formula is C24H25N5O. The van der Waals surface area contributed by atoms with E-state index in [1.54, 1.807) is 0 Å². The smallest absolute Gasteiger partial charge is 0.193 e. The van der Waals surface area contributed by atoms with E-state index in [4.69, 9.17) is 9.51 Å². The number of benzene rings is 1. The number of nitrogens with one attached hydrogen (secondary N) is 1. The monoisotopic (exact) mass is 399 g/mol. The summed E-state index contributed by atoms with van der Waals surface area (Å²) in [4.78, 5) is 11.9. The van der Waals surface area contributed by atoms with Gasteiger partial charge in [0.25, 0.3) is 0 Å². The Balaban J connectivity index is 1.61. The molecule has 1 N–H and O–H groups in total. The Bertz CT molecular complexity index is 1160. The first kappa shape index (κ1) is 18.8. The molecule has 0 amide bonds. The topological polar surface area (TPSA) is 67.1 Å². The molecule has 5 rings (SSSR count). The Kier molecular flexibility index (Phi) is 4.93. The molecule has 0 atom stereocenters. The van der Waals surface area contributed by atoms with Crippen LogP contribution in [0.1, 0.15) is 18.5 Å². The minimum absolute atomic E-state index is 0.414. The fourth-order valence-corrected chi connectivity index (χ4v) is 4.07. The Labute approximate surface area is 175 Å². The maximum absolute atomic E-state index is 5.71. The third kappa shape index (κ3) is 3.55. The number of fused-ring (bicyclic) bond motifs is 1. The van der Waals surface area contributed by atoms with Crippen molar-refractivity contribution in [2.45, 2.75) is 25.8 Å². The fraction of sp³-hybridized carbons (Fsp3) is 0.292. The highest BCUT2D eigenvalue weighted by Gasteiger charge is 2.21. The minimum Gasteiger partial charge on any atom is -0.367 e. The molecule has 6 heteroatoms. The lowest BCUT2D eigenvalue weighted by molar-refractivity contribution is 0.263. The maximum Gasteiger partial charge on any atom is 0.193 e. The van der Waals surface area contributed by atoms with Crippen LogP contribution in [0.3, 0.4) is 0 Å². The molecule has 4 aromatic rings. The summed E-state index contributed by atoms with van der Waals surface area (Å²) in [6.45, 7) is 4.12. The zero-order valence-corrected chi connectivity index (χ0v) is 17.3. The quantitative estimate of drug-likeness (QED) is 0.533. The summed E-state index contributed by atoms with van der Waals surface area (Å²) in [5.41, 5.74) is 6.22. The number of hydrogen-bond acceptors (Lipinski definition) is 6. The van der Waals surface area contributed by atoms with Gasteiger partial charge in [0.15, 0.2) is 5.58 Å². The van der Waals surface area contributed by atoms with Gasteiger partial charge in [-0.2, -0.15) is 0 Å². The Morgan fingerprint density at radius 3 is 2.63 bits per heavy atom. The molecule has 6 nitrogen and oxygen atoms in total. The van der Waals surface area contributed by atoms with E-state index in [2.05, 4.69) is 51.7 Å². The van der Waals surface area contributed by atoms with E-state index >= 15 is 0 Å². The van der Waals surface area contributed by atoms with Gasteiger partial charge in [0, 0.05) is 28.9 Å². The number of rotatable bonds is 4. The average Bonchev–Trinajstić information content (AvgIpc) is 3.17. The lowest BCUT2D eigenvalue weighted by Gasteiger charge is -2.30. The third-order valence-corrected chi connectivity index (χ3v) is 5.82. The average molecular weight is 399 g/mol. The lowest BCUT2D eigenvalue weighted by Crippen LogP contribution is -2.37. The van der Waals surface area contributed by atoms with E-state index in [1.165, 1.54) is 0 Å². The van der Waals surface area contributed by atoms with Gasteiger partial charge < -0.3 is 14.7 Å². The fourth-order valence-electron chi connectivity index (χ4n) is 4.07. The van der Waals surface area contributed by atoms with Gasteiger partial charge in [0.05, 0.1) is 5.69 Å². The van der Waals surface area contributed by atoms with E-state index in [1.807, 2.05) is 37.4 Å². The van der Waals surface area contributed by atoms with Crippen LogP contribution >= 0.6 is 0 Å². The van der Waals surface area contributed by atoms with Crippen LogP contribution in [0.15, 0.2) is 59.3 Å². The Hall–Kier alpha value is -3.25. The number of likely N-dealkylation sites (tertiary alicyclic amines) is 1. The van der Waals surface area contributed by atoms with Crippen molar-refractivity contribution in [2.24, 2.45) is 0 Å². The van der Waals surface area contributed by atoms with Gasteiger partial charge >= 0.3 is 0 Å². The summed E-state index contributed by atoms with van der Waals surface area (Å²) >= 11 is 0. The first-order valence-electron chi connectivity index (χ1n) is 10.4. The number of anilines is 1. The predicted molar refractivity (Wildman–Crippen MR) is 119 cm³/mol. The molecule has 0 radical (unpaired) electrons. The number of nitrogens with zero attached hydrogens (tertiary/aromatic N) is 4. The zero-order valence-electron chi connectivity index (χ0n) is 17.3. The number of aromatic nitrogens is 3. The van der Waals surface area contributed by atoms with Crippen molar-refractivity contribution in [1.82, 2.24) is 20.0 Å². The molecule has 152 valence electrons. The third-order valence-electron chi connectivity index (χ3n) is 5.82. The molecule has 0 bridgehead atoms. The van der Waals surface area contributed by atoms with Gasteiger partial charge in [-0.1, -0.05) is 35.5 Å². The van der Waals surface area contributed by atoms with Gasteiger partial charge in [0.2, 0.25) is 0 Å². The highest BCUT2D eigenvalue weighted by atomic mass is 16.5. The second-order valence-electron chi connectivity index (χ2n) is 7.99. The SMILES string of the molecule is Cc1noc2c(-c3cccnc3NC3CCN(C)CC3)cc(-c3ccccc3)nc12. The maximum atomic E-state index is 5.71. The van der Waals surface area contributed by atoms with Gasteiger partial charge in [-0.25, -0.2) is 9.97 Å². The van der Waals surface area contributed by atoms with Crippen LogP contribution in [-0.4, -0.2) is 46.2 Å². The zero-order chi connectivity index (χ0) is 20.5. The number of aryl methyl sites for hydroxylation is 1. The molecule has 0 saturated carbocycles. The summed E-state index contributed by atoms with van der Waals surface area (Å²) in [6, 6.07) is 16.8. The van der Waals surface area contributed by atoms with E-state index in [-0.39, 0.29) is 0 Å². The van der Waals surface area contributed by atoms with Crippen molar-refractivity contribution in [3.05, 3.63) is 60.4 Å².